The molecule has 1 rings (SSSR count). The number of rotatable bonds is 0. The lowest BCUT2D eigenvalue weighted by Gasteiger charge is -2.10. The Hall–Kier alpha value is -0.0800. The summed E-state index contributed by atoms with van der Waals surface area (Å²) in [5, 5.41) is 3.06. The minimum atomic E-state index is 0.750. The predicted molar refractivity (Wildman–Crippen MR) is 23.4 cm³/mol. The van der Waals surface area contributed by atoms with Crippen molar-refractivity contribution in [3.63, 3.8) is 0 Å². The third kappa shape index (κ3) is 0.954. The maximum absolute atomic E-state index is 4.96. The molecule has 2 nitrogen and oxygen atoms in total. The summed E-state index contributed by atoms with van der Waals surface area (Å²) < 4.78 is 4.96. The van der Waals surface area contributed by atoms with Gasteiger partial charge in [-0.2, -0.15) is 0 Å². The molecule has 36 valence electrons. The highest BCUT2D eigenvalue weighted by atomic mass is 16.5. The van der Waals surface area contributed by atoms with Crippen LogP contribution < -0.4 is 5.32 Å². The second kappa shape index (κ2) is 2.16. The monoisotopic (exact) mass is 87.1 g/mol. The topological polar surface area (TPSA) is 21.3 Å². The molecule has 6 heavy (non-hydrogen) atoms. The molecule has 0 atom stereocenters. The van der Waals surface area contributed by atoms with E-state index in [2.05, 4.69) is 5.32 Å². The minimum Gasteiger partial charge on any atom is -0.366 e. The summed E-state index contributed by atoms with van der Waals surface area (Å²) in [6, 6.07) is 0. The van der Waals surface area contributed by atoms with E-state index in [9.17, 15) is 0 Å². The van der Waals surface area contributed by atoms with Crippen LogP contribution in [-0.2, 0) is 4.74 Å². The Morgan fingerprint density at radius 1 is 1.50 bits per heavy atom. The van der Waals surface area contributed by atoms with Crippen molar-refractivity contribution < 1.29 is 4.74 Å². The van der Waals surface area contributed by atoms with E-state index < -0.39 is 0 Å². The van der Waals surface area contributed by atoms with Crippen molar-refractivity contribution in [2.24, 2.45) is 0 Å². The summed E-state index contributed by atoms with van der Waals surface area (Å²) in [4.78, 5) is 0. The fraction of sp³-hybridized carbons (Fsp3) is 1.00. The average Bonchev–Trinajstić information content (AvgIpc) is 1.72. The highest BCUT2D eigenvalue weighted by molar-refractivity contribution is 4.45. The van der Waals surface area contributed by atoms with Gasteiger partial charge in [0.2, 0.25) is 0 Å². The fourth-order valence-electron chi connectivity index (χ4n) is 0.516. The third-order valence-electron chi connectivity index (χ3n) is 0.846. The molecule has 1 heterocycles. The highest BCUT2D eigenvalue weighted by Crippen LogP contribution is 1.83. The first-order chi connectivity index (χ1) is 3.00. The van der Waals surface area contributed by atoms with Crippen LogP contribution in [0.4, 0.5) is 0 Å². The molecule has 0 aromatic carbocycles. The Balaban J connectivity index is 2.00. The number of hydrogen-bond donors (Lipinski definition) is 1. The molecule has 0 aliphatic carbocycles. The van der Waals surface area contributed by atoms with E-state index in [-0.39, 0.29) is 0 Å². The van der Waals surface area contributed by atoms with E-state index >= 15 is 0 Å². The van der Waals surface area contributed by atoms with E-state index in [1.54, 1.807) is 0 Å². The summed E-state index contributed by atoms with van der Waals surface area (Å²) in [6.45, 7) is 2.81. The number of ether oxygens (including phenoxy) is 1. The smallest absolute Gasteiger partial charge is 0.0965 e. The first-order valence-electron chi connectivity index (χ1n) is 2.28. The maximum atomic E-state index is 4.96. The van der Waals surface area contributed by atoms with E-state index in [0.717, 1.165) is 19.9 Å². The zero-order valence-electron chi connectivity index (χ0n) is 3.74. The van der Waals surface area contributed by atoms with Gasteiger partial charge in [-0.1, -0.05) is 0 Å². The Kier molecular flexibility index (Phi) is 1.47. The second-order valence-electron chi connectivity index (χ2n) is 1.41. The van der Waals surface area contributed by atoms with Gasteiger partial charge in [-0.05, 0) is 13.0 Å². The summed E-state index contributed by atoms with van der Waals surface area (Å²) in [7, 11) is 0. The average molecular weight is 87.1 g/mol. The van der Waals surface area contributed by atoms with Crippen LogP contribution in [0.25, 0.3) is 0 Å². The molecule has 0 bridgehead atoms. The predicted octanol–water partition coefficient (Wildman–Crippen LogP) is -0.0462. The van der Waals surface area contributed by atoms with Gasteiger partial charge in [0.05, 0.1) is 6.73 Å². The largest absolute Gasteiger partial charge is 0.366 e. The summed E-state index contributed by atoms with van der Waals surface area (Å²) in [5.74, 6) is 0. The van der Waals surface area contributed by atoms with Gasteiger partial charge < -0.3 is 4.74 Å². The Morgan fingerprint density at radius 2 is 2.50 bits per heavy atom. The Labute approximate surface area is 37.5 Å². The van der Waals surface area contributed by atoms with E-state index in [1.807, 2.05) is 0 Å². The van der Waals surface area contributed by atoms with Crippen molar-refractivity contribution >= 4 is 0 Å². The van der Waals surface area contributed by atoms with Crippen molar-refractivity contribution in [3.05, 3.63) is 0 Å². The van der Waals surface area contributed by atoms with Crippen LogP contribution in [0.5, 0.6) is 0 Å². The lowest BCUT2D eigenvalue weighted by atomic mass is 10.4. The second-order valence-corrected chi connectivity index (χ2v) is 1.41. The van der Waals surface area contributed by atoms with Gasteiger partial charge >= 0.3 is 0 Å². The minimum absolute atomic E-state index is 0.750. The lowest BCUT2D eigenvalue weighted by molar-refractivity contribution is 0.0848. The molecular formula is C4H9NO. The highest BCUT2D eigenvalue weighted by Gasteiger charge is 1.92. The molecule has 0 unspecified atom stereocenters. The van der Waals surface area contributed by atoms with Gasteiger partial charge in [-0.3, -0.25) is 5.32 Å². The van der Waals surface area contributed by atoms with Gasteiger partial charge in [-0.15, -0.1) is 0 Å². The van der Waals surface area contributed by atoms with Crippen molar-refractivity contribution in [1.82, 2.24) is 5.32 Å². The van der Waals surface area contributed by atoms with Crippen molar-refractivity contribution in [2.45, 2.75) is 6.42 Å². The first kappa shape index (κ1) is 4.09. The van der Waals surface area contributed by atoms with Gasteiger partial charge in [0.25, 0.3) is 0 Å². The van der Waals surface area contributed by atoms with E-state index in [4.69, 9.17) is 4.74 Å². The van der Waals surface area contributed by atoms with Crippen LogP contribution in [0.1, 0.15) is 6.42 Å². The Bertz CT molecular complexity index is 23.0. The van der Waals surface area contributed by atoms with E-state index in [1.165, 1.54) is 6.42 Å². The number of nitrogens with one attached hydrogen (secondary N) is 1. The normalized spacial score (nSPS) is 24.0. The molecule has 0 amide bonds. The maximum Gasteiger partial charge on any atom is 0.0965 e. The van der Waals surface area contributed by atoms with E-state index in [0.29, 0.717) is 0 Å². The SMILES string of the molecule is C1CNCOC1. The molecule has 1 saturated heterocycles. The summed E-state index contributed by atoms with van der Waals surface area (Å²) in [5.41, 5.74) is 0. The van der Waals surface area contributed by atoms with Crippen molar-refractivity contribution in [3.8, 4) is 0 Å². The molecule has 0 spiro atoms. The quantitative estimate of drug-likeness (QED) is 0.447. The van der Waals surface area contributed by atoms with Crippen LogP contribution >= 0.6 is 0 Å². The molecule has 0 aromatic heterocycles. The van der Waals surface area contributed by atoms with Crippen molar-refractivity contribution in [2.75, 3.05) is 19.9 Å². The van der Waals surface area contributed by atoms with Gasteiger partial charge in [0, 0.05) is 6.61 Å². The van der Waals surface area contributed by atoms with Gasteiger partial charge in [0.15, 0.2) is 0 Å². The standard InChI is InChI=1S/C4H9NO/c1-2-5-4-6-3-1/h5H,1-4H2. The molecule has 1 aliphatic heterocycles. The molecular weight excluding hydrogens is 78.0 g/mol. The molecule has 2 heteroatoms. The zero-order valence-corrected chi connectivity index (χ0v) is 3.74. The molecule has 1 aliphatic rings. The summed E-state index contributed by atoms with van der Waals surface area (Å²) >= 11 is 0. The molecule has 0 saturated carbocycles. The molecule has 0 aromatic rings. The first-order valence-corrected chi connectivity index (χ1v) is 2.28. The van der Waals surface area contributed by atoms with Crippen LogP contribution in [0.15, 0.2) is 0 Å². The number of hydrogen-bond acceptors (Lipinski definition) is 2. The van der Waals surface area contributed by atoms with Crippen LogP contribution in [0.3, 0.4) is 0 Å². The van der Waals surface area contributed by atoms with Crippen LogP contribution in [-0.4, -0.2) is 19.9 Å². The third-order valence-corrected chi connectivity index (χ3v) is 0.846. The Morgan fingerprint density at radius 3 is 2.67 bits per heavy atom. The van der Waals surface area contributed by atoms with Crippen molar-refractivity contribution in [1.29, 1.82) is 0 Å². The van der Waals surface area contributed by atoms with Gasteiger partial charge in [-0.25, -0.2) is 0 Å². The van der Waals surface area contributed by atoms with Gasteiger partial charge in [0.1, 0.15) is 0 Å². The van der Waals surface area contributed by atoms with Crippen LogP contribution in [0, 0.1) is 0 Å². The lowest BCUT2D eigenvalue weighted by Crippen LogP contribution is -2.26. The zero-order chi connectivity index (χ0) is 4.24. The fourth-order valence-corrected chi connectivity index (χ4v) is 0.516. The molecule has 1 N–H and O–H groups in total. The molecule has 0 radical (unpaired) electrons. The van der Waals surface area contributed by atoms with Crippen LogP contribution in [0.2, 0.25) is 0 Å². The summed E-state index contributed by atoms with van der Waals surface area (Å²) in [6.07, 6.45) is 1.17. The molecule has 1 fully saturated rings.